The molecule has 0 amide bonds. The SMILES string of the molecule is C=Nc1cc(OC)c(B2OC(C)(C)C(C)(C)O2)cc1/C(=C\C)Oc1ccc(N)cc1. The van der Waals surface area contributed by atoms with Crippen molar-refractivity contribution in [1.29, 1.82) is 0 Å². The molecule has 1 aliphatic heterocycles. The minimum absolute atomic E-state index is 0.470. The zero-order chi connectivity index (χ0) is 22.1. The molecular formula is C23H29BN2O4. The Morgan fingerprint density at radius 3 is 2.20 bits per heavy atom. The third-order valence-electron chi connectivity index (χ3n) is 5.66. The molecule has 7 heteroatoms. The van der Waals surface area contributed by atoms with E-state index in [1.807, 2.05) is 65.0 Å². The molecular weight excluding hydrogens is 379 g/mol. The Balaban J connectivity index is 2.05. The van der Waals surface area contributed by atoms with E-state index in [4.69, 9.17) is 24.5 Å². The highest BCUT2D eigenvalue weighted by Crippen LogP contribution is 2.39. The van der Waals surface area contributed by atoms with E-state index in [2.05, 4.69) is 11.7 Å². The summed E-state index contributed by atoms with van der Waals surface area (Å²) >= 11 is 0. The Morgan fingerprint density at radius 2 is 1.70 bits per heavy atom. The fourth-order valence-corrected chi connectivity index (χ4v) is 3.18. The van der Waals surface area contributed by atoms with Crippen molar-refractivity contribution in [1.82, 2.24) is 0 Å². The van der Waals surface area contributed by atoms with Crippen molar-refractivity contribution in [3.63, 3.8) is 0 Å². The molecule has 30 heavy (non-hydrogen) atoms. The zero-order valence-electron chi connectivity index (χ0n) is 18.5. The molecule has 0 saturated carbocycles. The first-order valence-electron chi connectivity index (χ1n) is 9.86. The standard InChI is InChI=1S/C23H29BN2O4/c1-8-20(28-16-11-9-15(25)10-12-16)17-13-18(21(27-7)14-19(17)26-6)24-29-22(2,3)23(4,5)30-24/h8-14H,6,25H2,1-5,7H3/b20-8+. The molecule has 0 radical (unpaired) electrons. The third-order valence-corrected chi connectivity index (χ3v) is 5.66. The van der Waals surface area contributed by atoms with Gasteiger partial charge in [-0.3, -0.25) is 4.99 Å². The number of methoxy groups -OCH3 is 1. The molecule has 1 aliphatic rings. The van der Waals surface area contributed by atoms with Crippen molar-refractivity contribution in [2.24, 2.45) is 4.99 Å². The van der Waals surface area contributed by atoms with Crippen LogP contribution in [0.4, 0.5) is 11.4 Å². The van der Waals surface area contributed by atoms with Gasteiger partial charge < -0.3 is 24.5 Å². The van der Waals surface area contributed by atoms with Gasteiger partial charge in [0.1, 0.15) is 17.3 Å². The maximum Gasteiger partial charge on any atom is 0.498 e. The summed E-state index contributed by atoms with van der Waals surface area (Å²) in [5, 5.41) is 0. The average molecular weight is 408 g/mol. The highest BCUT2D eigenvalue weighted by Gasteiger charge is 2.52. The topological polar surface area (TPSA) is 75.3 Å². The molecule has 0 bridgehead atoms. The van der Waals surface area contributed by atoms with E-state index in [1.165, 1.54) is 0 Å². The highest BCUT2D eigenvalue weighted by atomic mass is 16.7. The largest absolute Gasteiger partial charge is 0.498 e. The van der Waals surface area contributed by atoms with Crippen molar-refractivity contribution in [2.45, 2.75) is 45.8 Å². The molecule has 0 unspecified atom stereocenters. The van der Waals surface area contributed by atoms with E-state index < -0.39 is 18.3 Å². The molecule has 0 spiro atoms. The van der Waals surface area contributed by atoms with Gasteiger partial charge in [-0.1, -0.05) is 0 Å². The summed E-state index contributed by atoms with van der Waals surface area (Å²) in [6.45, 7) is 13.7. The summed E-state index contributed by atoms with van der Waals surface area (Å²) in [4.78, 5) is 4.18. The van der Waals surface area contributed by atoms with Gasteiger partial charge in [0.25, 0.3) is 0 Å². The van der Waals surface area contributed by atoms with Crippen LogP contribution in [0.3, 0.4) is 0 Å². The molecule has 2 N–H and O–H groups in total. The van der Waals surface area contributed by atoms with Crippen LogP contribution in [0.2, 0.25) is 0 Å². The normalized spacial score (nSPS) is 17.7. The highest BCUT2D eigenvalue weighted by molar-refractivity contribution is 6.63. The number of ether oxygens (including phenoxy) is 2. The second-order valence-corrected chi connectivity index (χ2v) is 8.18. The van der Waals surface area contributed by atoms with Crippen LogP contribution in [0.1, 0.15) is 40.2 Å². The number of allylic oxidation sites excluding steroid dienone is 1. The number of hydrogen-bond donors (Lipinski definition) is 1. The minimum Gasteiger partial charge on any atom is -0.497 e. The second kappa shape index (κ2) is 8.16. The molecule has 0 aromatic heterocycles. The van der Waals surface area contributed by atoms with Gasteiger partial charge in [-0.15, -0.1) is 0 Å². The van der Waals surface area contributed by atoms with Crippen molar-refractivity contribution in [2.75, 3.05) is 12.8 Å². The molecule has 0 aliphatic carbocycles. The lowest BCUT2D eigenvalue weighted by Crippen LogP contribution is -2.41. The van der Waals surface area contributed by atoms with E-state index >= 15 is 0 Å². The van der Waals surface area contributed by atoms with E-state index in [-0.39, 0.29) is 0 Å². The summed E-state index contributed by atoms with van der Waals surface area (Å²) in [6.07, 6.45) is 1.88. The molecule has 158 valence electrons. The summed E-state index contributed by atoms with van der Waals surface area (Å²) in [5.74, 6) is 1.91. The van der Waals surface area contributed by atoms with Crippen LogP contribution in [-0.2, 0) is 9.31 Å². The number of anilines is 1. The van der Waals surface area contributed by atoms with Crippen LogP contribution in [0, 0.1) is 0 Å². The van der Waals surface area contributed by atoms with Crippen LogP contribution in [-0.4, -0.2) is 32.1 Å². The summed E-state index contributed by atoms with van der Waals surface area (Å²) in [7, 11) is 1.02. The van der Waals surface area contributed by atoms with Gasteiger partial charge in [-0.2, -0.15) is 0 Å². The van der Waals surface area contributed by atoms with E-state index in [0.29, 0.717) is 28.6 Å². The van der Waals surface area contributed by atoms with Crippen LogP contribution in [0.15, 0.2) is 47.5 Å². The summed E-state index contributed by atoms with van der Waals surface area (Å²) in [6, 6.07) is 11.0. The third kappa shape index (κ3) is 4.08. The van der Waals surface area contributed by atoms with E-state index in [0.717, 1.165) is 11.0 Å². The van der Waals surface area contributed by atoms with Crippen LogP contribution in [0.5, 0.6) is 11.5 Å². The zero-order valence-corrected chi connectivity index (χ0v) is 18.5. The number of nitrogens with two attached hydrogens (primary N) is 1. The Labute approximate surface area is 178 Å². The maximum atomic E-state index is 6.24. The molecule has 1 heterocycles. The Kier molecular flexibility index (Phi) is 5.97. The fourth-order valence-electron chi connectivity index (χ4n) is 3.18. The second-order valence-electron chi connectivity index (χ2n) is 8.18. The quantitative estimate of drug-likeness (QED) is 0.333. The molecule has 1 fully saturated rings. The molecule has 6 nitrogen and oxygen atoms in total. The van der Waals surface area contributed by atoms with Gasteiger partial charge in [-0.25, -0.2) is 0 Å². The predicted octanol–water partition coefficient (Wildman–Crippen LogP) is 4.35. The summed E-state index contributed by atoms with van der Waals surface area (Å²) in [5.41, 5.74) is 7.67. The lowest BCUT2D eigenvalue weighted by Gasteiger charge is -2.32. The van der Waals surface area contributed by atoms with Gasteiger partial charge in [0.15, 0.2) is 0 Å². The maximum absolute atomic E-state index is 6.24. The number of nitrogen functional groups attached to an aromatic ring is 1. The Hall–Kier alpha value is -2.77. The average Bonchev–Trinajstić information content (AvgIpc) is 2.93. The van der Waals surface area contributed by atoms with Gasteiger partial charge in [0.05, 0.1) is 24.0 Å². The van der Waals surface area contributed by atoms with Crippen molar-refractivity contribution in [3.05, 3.63) is 48.0 Å². The number of rotatable bonds is 6. The lowest BCUT2D eigenvalue weighted by atomic mass is 9.77. The lowest BCUT2D eigenvalue weighted by molar-refractivity contribution is 0.00578. The monoisotopic (exact) mass is 408 g/mol. The predicted molar refractivity (Wildman–Crippen MR) is 123 cm³/mol. The van der Waals surface area contributed by atoms with Gasteiger partial charge in [0.2, 0.25) is 0 Å². The first kappa shape index (κ1) is 21.9. The van der Waals surface area contributed by atoms with Crippen LogP contribution >= 0.6 is 0 Å². The van der Waals surface area contributed by atoms with E-state index in [1.54, 1.807) is 19.2 Å². The number of hydrogen-bond acceptors (Lipinski definition) is 6. The van der Waals surface area contributed by atoms with E-state index in [9.17, 15) is 0 Å². The fraction of sp³-hybridized carbons (Fsp3) is 0.348. The van der Waals surface area contributed by atoms with Gasteiger partial charge in [0, 0.05) is 22.8 Å². The number of benzene rings is 2. The first-order chi connectivity index (χ1) is 14.1. The molecule has 2 aromatic carbocycles. The molecule has 1 saturated heterocycles. The van der Waals surface area contributed by atoms with Crippen LogP contribution in [0.25, 0.3) is 5.76 Å². The smallest absolute Gasteiger partial charge is 0.497 e. The molecule has 0 atom stereocenters. The molecule has 2 aromatic rings. The van der Waals surface area contributed by atoms with Crippen LogP contribution < -0.4 is 20.7 Å². The van der Waals surface area contributed by atoms with Gasteiger partial charge in [-0.05, 0) is 77.7 Å². The Bertz CT molecular complexity index is 952. The van der Waals surface area contributed by atoms with Crippen molar-refractivity contribution >= 4 is 36.4 Å². The first-order valence-corrected chi connectivity index (χ1v) is 9.86. The Morgan fingerprint density at radius 1 is 1.10 bits per heavy atom. The number of nitrogens with zero attached hydrogens (tertiary/aromatic N) is 1. The van der Waals surface area contributed by atoms with Crippen molar-refractivity contribution < 1.29 is 18.8 Å². The van der Waals surface area contributed by atoms with Crippen molar-refractivity contribution in [3.8, 4) is 11.5 Å². The minimum atomic E-state index is -0.586. The number of aliphatic imine (C=N–C) groups is 1. The van der Waals surface area contributed by atoms with Gasteiger partial charge >= 0.3 is 7.12 Å². The summed E-state index contributed by atoms with van der Waals surface area (Å²) < 4.78 is 24.2. The molecule has 3 rings (SSSR count).